The zero-order valence-electron chi connectivity index (χ0n) is 38.7. The van der Waals surface area contributed by atoms with Crippen molar-refractivity contribution in [3.05, 3.63) is 71.6 Å². The Morgan fingerprint density at radius 1 is 0.652 bits per heavy atom. The van der Waals surface area contributed by atoms with Crippen LogP contribution in [0.3, 0.4) is 0 Å². The first-order valence-corrected chi connectivity index (χ1v) is 23.7. The number of H-pyrrole nitrogens is 2. The monoisotopic (exact) mass is 896 g/mol. The van der Waals surface area contributed by atoms with Gasteiger partial charge in [-0.15, -0.1) is 0 Å². The van der Waals surface area contributed by atoms with Crippen molar-refractivity contribution in [1.82, 2.24) is 40.4 Å². The third-order valence-corrected chi connectivity index (χ3v) is 15.1. The maximum absolute atomic E-state index is 13.9. The predicted octanol–water partition coefficient (Wildman–Crippen LogP) is 9.22. The molecule has 3 fully saturated rings. The second-order valence-corrected chi connectivity index (χ2v) is 19.7. The minimum absolute atomic E-state index is 0.117. The number of fused-ring (bicyclic) bond motifs is 6. The molecule has 6 heterocycles. The summed E-state index contributed by atoms with van der Waals surface area (Å²) in [4.78, 5) is 72.9. The second kappa shape index (κ2) is 17.1. The van der Waals surface area contributed by atoms with Gasteiger partial charge in [0.1, 0.15) is 34.9 Å². The van der Waals surface area contributed by atoms with E-state index in [1.807, 2.05) is 56.0 Å². The first-order valence-electron chi connectivity index (χ1n) is 23.7. The molecule has 1 spiro atoms. The smallest absolute Gasteiger partial charge is 0.407 e. The maximum Gasteiger partial charge on any atom is 0.407 e. The molecule has 2 bridgehead atoms. The number of alkyl carbamates (subject to hydrolysis) is 2. The lowest BCUT2D eigenvalue weighted by Gasteiger charge is -2.30. The van der Waals surface area contributed by atoms with Gasteiger partial charge in [0.25, 0.3) is 0 Å². The Balaban J connectivity index is 0.979. The van der Waals surface area contributed by atoms with Crippen LogP contribution in [0.15, 0.2) is 53.2 Å². The molecule has 4 aliphatic rings. The summed E-state index contributed by atoms with van der Waals surface area (Å²) < 4.78 is 16.1. The number of furan rings is 2. The standard InChI is InChI=1S/C51H60N8O7/c1-27(2)43(56-49(62)64-5)47(60)58-21-9-11-37(58)45-52-25-35(54-45)30-14-13-29(33-23-51(24-34(30)33)19-7-8-20-51)31-15-16-32(42-40-18-17-39(66-40)41(31)42)36-26-53-46(55-36)38-12-10-22-59(38)48(61)44(28(3)4)57-50(63)65-6/h13-18,25-28,37-38,43-44H,7-12,19-24H2,1-6H3,(H,52,54)(H,53,55)(H,56,62)(H,57,63). The fourth-order valence-corrected chi connectivity index (χ4v) is 11.7. The number of methoxy groups -OCH3 is 2. The molecular weight excluding hydrogens is 837 g/mol. The number of aromatic amines is 2. The van der Waals surface area contributed by atoms with Gasteiger partial charge in [-0.1, -0.05) is 64.8 Å². The Morgan fingerprint density at radius 3 is 1.62 bits per heavy atom. The number of aromatic nitrogens is 4. The third kappa shape index (κ3) is 7.44. The fourth-order valence-electron chi connectivity index (χ4n) is 11.7. The van der Waals surface area contributed by atoms with Gasteiger partial charge in [-0.3, -0.25) is 9.59 Å². The van der Waals surface area contributed by atoms with Crippen LogP contribution in [0.4, 0.5) is 9.59 Å². The highest BCUT2D eigenvalue weighted by molar-refractivity contribution is 6.19. The van der Waals surface area contributed by atoms with Crippen LogP contribution in [0.1, 0.15) is 114 Å². The van der Waals surface area contributed by atoms with E-state index in [2.05, 4.69) is 50.9 Å². The van der Waals surface area contributed by atoms with Crippen molar-refractivity contribution < 1.29 is 33.1 Å². The summed E-state index contributed by atoms with van der Waals surface area (Å²) in [6.45, 7) is 8.85. The molecule has 4 amide bonds. The molecule has 346 valence electrons. The van der Waals surface area contributed by atoms with Crippen LogP contribution < -0.4 is 10.6 Å². The maximum atomic E-state index is 13.9. The third-order valence-electron chi connectivity index (χ3n) is 15.1. The van der Waals surface area contributed by atoms with E-state index in [0.717, 1.165) is 94.4 Å². The van der Waals surface area contributed by atoms with Gasteiger partial charge in [0.15, 0.2) is 0 Å². The molecule has 2 aromatic carbocycles. The van der Waals surface area contributed by atoms with Crippen molar-refractivity contribution in [2.45, 2.75) is 116 Å². The quantitative estimate of drug-likeness (QED) is 0.0983. The highest BCUT2D eigenvalue weighted by Crippen LogP contribution is 2.54. The molecular formula is C51H60N8O7. The molecule has 6 aromatic rings. The van der Waals surface area contributed by atoms with Gasteiger partial charge in [0.05, 0.1) is 50.1 Å². The van der Waals surface area contributed by atoms with Crippen molar-refractivity contribution >= 4 is 45.9 Å². The van der Waals surface area contributed by atoms with Crippen molar-refractivity contribution in [3.8, 4) is 33.6 Å². The Hall–Kier alpha value is -6.38. The zero-order valence-corrected chi connectivity index (χ0v) is 38.7. The fraction of sp³-hybridized carbons (Fsp3) is 0.490. The normalized spacial score (nSPS) is 20.0. The lowest BCUT2D eigenvalue weighted by atomic mass is 9.82. The molecule has 0 radical (unpaired) electrons. The van der Waals surface area contributed by atoms with E-state index in [1.54, 1.807) is 0 Å². The molecule has 4 unspecified atom stereocenters. The van der Waals surface area contributed by atoms with Gasteiger partial charge >= 0.3 is 12.2 Å². The summed E-state index contributed by atoms with van der Waals surface area (Å²) in [5.41, 5.74) is 10.9. The molecule has 2 saturated heterocycles. The van der Waals surface area contributed by atoms with Crippen LogP contribution >= 0.6 is 0 Å². The number of nitrogens with one attached hydrogen (secondary N) is 4. The van der Waals surface area contributed by atoms with Crippen LogP contribution in [0.25, 0.3) is 55.6 Å². The highest BCUT2D eigenvalue weighted by Gasteiger charge is 2.43. The lowest BCUT2D eigenvalue weighted by molar-refractivity contribution is -0.136. The largest absolute Gasteiger partial charge is 0.456 e. The highest BCUT2D eigenvalue weighted by atomic mass is 16.5. The Labute approximate surface area is 384 Å². The van der Waals surface area contributed by atoms with Crippen LogP contribution in [0.2, 0.25) is 0 Å². The Morgan fingerprint density at radius 2 is 1.11 bits per heavy atom. The number of hydrogen-bond donors (Lipinski definition) is 4. The number of ether oxygens (including phenoxy) is 2. The van der Waals surface area contributed by atoms with Crippen molar-refractivity contribution in [2.24, 2.45) is 17.3 Å². The van der Waals surface area contributed by atoms with Crippen LogP contribution in [-0.4, -0.2) is 93.1 Å². The molecule has 4 N–H and O–H groups in total. The molecule has 2 aliphatic heterocycles. The van der Waals surface area contributed by atoms with Crippen LogP contribution in [0, 0.1) is 17.3 Å². The summed E-state index contributed by atoms with van der Waals surface area (Å²) in [6, 6.07) is 11.1. The summed E-state index contributed by atoms with van der Waals surface area (Å²) in [5, 5.41) is 7.60. The zero-order chi connectivity index (χ0) is 46.0. The van der Waals surface area contributed by atoms with E-state index in [-0.39, 0.29) is 41.1 Å². The number of hydrogen-bond acceptors (Lipinski definition) is 9. The van der Waals surface area contributed by atoms with Gasteiger partial charge in [-0.2, -0.15) is 0 Å². The SMILES string of the molecule is COC(=O)NC(C(=O)N1CCCC1c1ncc(-c2ccc(-c3ccc(-c4cnc(C5CCCN5C(=O)C(NC(=O)OC)C(C)C)[nH]4)c4c5ccc(o5)c34)c3c2CC2(CCCC2)C3)[nH]1)C(C)C. The Bertz CT molecular complexity index is 2810. The van der Waals surface area contributed by atoms with Crippen molar-refractivity contribution in [3.63, 3.8) is 0 Å². The first kappa shape index (κ1) is 43.5. The average Bonchev–Trinajstić information content (AvgIpc) is 4.17. The van der Waals surface area contributed by atoms with Gasteiger partial charge in [0.2, 0.25) is 11.8 Å². The number of amides is 4. The first-order chi connectivity index (χ1) is 31.9. The topological polar surface area (TPSA) is 188 Å². The number of carbonyl (C=O) groups excluding carboxylic acids is 4. The van der Waals surface area contributed by atoms with E-state index in [4.69, 9.17) is 23.9 Å². The number of imidazole rings is 2. The minimum Gasteiger partial charge on any atom is -0.456 e. The number of likely N-dealkylation sites (tertiary alicyclic amines) is 2. The van der Waals surface area contributed by atoms with Gasteiger partial charge in [-0.25, -0.2) is 19.6 Å². The predicted molar refractivity (Wildman–Crippen MR) is 250 cm³/mol. The van der Waals surface area contributed by atoms with E-state index in [0.29, 0.717) is 18.9 Å². The van der Waals surface area contributed by atoms with E-state index in [1.165, 1.54) is 56.6 Å². The summed E-state index contributed by atoms with van der Waals surface area (Å²) in [5.74, 6) is 0.957. The van der Waals surface area contributed by atoms with Gasteiger partial charge in [0, 0.05) is 35.0 Å². The Kier molecular flexibility index (Phi) is 11.3. The van der Waals surface area contributed by atoms with E-state index >= 15 is 0 Å². The average molecular weight is 897 g/mol. The van der Waals surface area contributed by atoms with Gasteiger partial charge in [-0.05, 0) is 103 Å². The lowest BCUT2D eigenvalue weighted by Crippen LogP contribution is -2.51. The molecule has 2 aliphatic carbocycles. The molecule has 10 rings (SSSR count). The van der Waals surface area contributed by atoms with Crippen molar-refractivity contribution in [2.75, 3.05) is 27.3 Å². The number of carbonyl (C=O) groups is 4. The van der Waals surface area contributed by atoms with Crippen LogP contribution in [-0.2, 0) is 31.9 Å². The molecule has 15 nitrogen and oxygen atoms in total. The molecule has 4 aromatic heterocycles. The van der Waals surface area contributed by atoms with Crippen LogP contribution in [0.5, 0.6) is 0 Å². The second-order valence-electron chi connectivity index (χ2n) is 19.7. The summed E-state index contributed by atoms with van der Waals surface area (Å²) in [7, 11) is 2.61. The molecule has 1 saturated carbocycles. The minimum atomic E-state index is -0.714. The molecule has 4 atom stereocenters. The molecule has 15 heteroatoms. The number of rotatable bonds is 11. The van der Waals surface area contributed by atoms with Gasteiger partial charge < -0.3 is 44.3 Å². The number of nitrogens with zero attached hydrogens (tertiary/aromatic N) is 4. The summed E-state index contributed by atoms with van der Waals surface area (Å²) in [6.07, 6.45) is 12.7. The number of benzene rings is 3. The summed E-state index contributed by atoms with van der Waals surface area (Å²) >= 11 is 0. The van der Waals surface area contributed by atoms with Crippen molar-refractivity contribution in [1.29, 1.82) is 0 Å². The van der Waals surface area contributed by atoms with E-state index in [9.17, 15) is 19.2 Å². The van der Waals surface area contributed by atoms with E-state index < -0.39 is 24.3 Å². The molecule has 66 heavy (non-hydrogen) atoms.